The zero-order valence-electron chi connectivity index (χ0n) is 18.2. The molecule has 2 aromatic carbocycles. The Morgan fingerprint density at radius 1 is 1.13 bits per heavy atom. The summed E-state index contributed by atoms with van der Waals surface area (Å²) in [5.41, 5.74) is 3.69. The topological polar surface area (TPSA) is 52.9 Å². The SMILES string of the molecule is COc1ccc2c(c1)CC[C@@H]1[C@@H]2CC[C@]2(C)[C@@H](O)[C@H](N(C)c3ccccc3O)C[C@@H]12. The fourth-order valence-corrected chi connectivity index (χ4v) is 6.98. The van der Waals surface area contributed by atoms with Gasteiger partial charge in [0.25, 0.3) is 0 Å². The van der Waals surface area contributed by atoms with Crippen LogP contribution in [-0.2, 0) is 6.42 Å². The van der Waals surface area contributed by atoms with Crippen molar-refractivity contribution in [2.24, 2.45) is 17.3 Å². The predicted octanol–water partition coefficient (Wildman–Crippen LogP) is 4.73. The Morgan fingerprint density at radius 2 is 1.93 bits per heavy atom. The Morgan fingerprint density at radius 3 is 2.70 bits per heavy atom. The summed E-state index contributed by atoms with van der Waals surface area (Å²) >= 11 is 0. The summed E-state index contributed by atoms with van der Waals surface area (Å²) in [7, 11) is 3.75. The Kier molecular flexibility index (Phi) is 4.73. The number of aliphatic hydroxyl groups excluding tert-OH is 1. The number of hydrogen-bond acceptors (Lipinski definition) is 4. The molecule has 30 heavy (non-hydrogen) atoms. The van der Waals surface area contributed by atoms with E-state index in [9.17, 15) is 10.2 Å². The Bertz CT molecular complexity index is 944. The molecule has 0 heterocycles. The molecule has 2 aromatic rings. The molecule has 0 radical (unpaired) electrons. The molecule has 2 fully saturated rings. The molecule has 0 spiro atoms. The van der Waals surface area contributed by atoms with Gasteiger partial charge in [-0.25, -0.2) is 0 Å². The molecule has 2 N–H and O–H groups in total. The van der Waals surface area contributed by atoms with Gasteiger partial charge in [0.05, 0.1) is 24.9 Å². The molecule has 0 aromatic heterocycles. The van der Waals surface area contributed by atoms with Gasteiger partial charge in [-0.3, -0.25) is 0 Å². The van der Waals surface area contributed by atoms with Crippen molar-refractivity contribution in [3.8, 4) is 11.5 Å². The van der Waals surface area contributed by atoms with E-state index in [1.54, 1.807) is 13.2 Å². The zero-order valence-corrected chi connectivity index (χ0v) is 18.2. The molecular formula is C26H33NO3. The van der Waals surface area contributed by atoms with Crippen molar-refractivity contribution in [2.45, 2.75) is 57.1 Å². The molecule has 0 saturated heterocycles. The predicted molar refractivity (Wildman–Crippen MR) is 119 cm³/mol. The highest BCUT2D eigenvalue weighted by atomic mass is 16.5. The van der Waals surface area contributed by atoms with Gasteiger partial charge >= 0.3 is 0 Å². The van der Waals surface area contributed by atoms with E-state index in [1.165, 1.54) is 17.5 Å². The van der Waals surface area contributed by atoms with E-state index in [0.717, 1.165) is 37.1 Å². The normalized spacial score (nSPS) is 34.6. The van der Waals surface area contributed by atoms with Crippen LogP contribution in [-0.4, -0.2) is 36.5 Å². The van der Waals surface area contributed by atoms with Crippen molar-refractivity contribution in [1.82, 2.24) is 0 Å². The van der Waals surface area contributed by atoms with Crippen LogP contribution >= 0.6 is 0 Å². The van der Waals surface area contributed by atoms with Gasteiger partial charge in [0, 0.05) is 7.05 Å². The van der Waals surface area contributed by atoms with E-state index >= 15 is 0 Å². The number of hydrogen-bond donors (Lipinski definition) is 2. The Hall–Kier alpha value is -2.20. The standard InChI is InChI=1S/C26H33NO3/c1-26-13-12-19-18-11-9-17(30-3)14-16(18)8-10-20(19)21(26)15-23(25(26)29)27(2)22-6-4-5-7-24(22)28/h4-7,9,11,14,19-21,23,25,28-29H,8,10,12-13,15H2,1-3H3/t19-,20-,21+,23-,25+,26+/m1/s1. The molecule has 4 heteroatoms. The van der Waals surface area contributed by atoms with E-state index < -0.39 is 0 Å². The first-order valence-corrected chi connectivity index (χ1v) is 11.3. The number of fused-ring (bicyclic) bond motifs is 5. The van der Waals surface area contributed by atoms with Crippen LogP contribution in [0.3, 0.4) is 0 Å². The van der Waals surface area contributed by atoms with Crippen molar-refractivity contribution < 1.29 is 14.9 Å². The fraction of sp³-hybridized carbons (Fsp3) is 0.538. The highest BCUT2D eigenvalue weighted by Crippen LogP contribution is 2.61. The maximum absolute atomic E-state index is 11.5. The number of ether oxygens (including phenoxy) is 1. The highest BCUT2D eigenvalue weighted by Gasteiger charge is 2.58. The number of para-hydroxylation sites is 2. The number of aliphatic hydroxyl groups is 1. The molecule has 0 amide bonds. The zero-order chi connectivity index (χ0) is 21.0. The summed E-state index contributed by atoms with van der Waals surface area (Å²) in [5, 5.41) is 21.8. The maximum atomic E-state index is 11.5. The van der Waals surface area contributed by atoms with Gasteiger partial charge in [0.2, 0.25) is 0 Å². The third kappa shape index (κ3) is 2.84. The average Bonchev–Trinajstić information content (AvgIpc) is 3.04. The molecule has 3 aliphatic carbocycles. The van der Waals surface area contributed by atoms with E-state index in [-0.39, 0.29) is 23.3 Å². The molecular weight excluding hydrogens is 374 g/mol. The van der Waals surface area contributed by atoms with Gasteiger partial charge < -0.3 is 19.8 Å². The number of methoxy groups -OCH3 is 1. The molecule has 0 unspecified atom stereocenters. The highest BCUT2D eigenvalue weighted by molar-refractivity contribution is 5.58. The second-order valence-electron chi connectivity index (χ2n) is 9.87. The summed E-state index contributed by atoms with van der Waals surface area (Å²) < 4.78 is 5.45. The summed E-state index contributed by atoms with van der Waals surface area (Å²) in [6.45, 7) is 2.31. The molecule has 4 nitrogen and oxygen atoms in total. The monoisotopic (exact) mass is 407 g/mol. The number of likely N-dealkylation sites (N-methyl/N-ethyl adjacent to an activating group) is 1. The number of nitrogens with zero attached hydrogens (tertiary/aromatic N) is 1. The lowest BCUT2D eigenvalue weighted by Gasteiger charge is -2.50. The van der Waals surface area contributed by atoms with Gasteiger partial charge in [-0.15, -0.1) is 0 Å². The van der Waals surface area contributed by atoms with Crippen molar-refractivity contribution >= 4 is 5.69 Å². The van der Waals surface area contributed by atoms with Gasteiger partial charge in [-0.05, 0) is 90.7 Å². The van der Waals surface area contributed by atoms with Gasteiger partial charge in [0.1, 0.15) is 11.5 Å². The van der Waals surface area contributed by atoms with Crippen LogP contribution in [0.4, 0.5) is 5.69 Å². The summed E-state index contributed by atoms with van der Waals surface area (Å²) in [4.78, 5) is 2.11. The summed E-state index contributed by atoms with van der Waals surface area (Å²) in [5.74, 6) is 2.93. The number of phenols is 1. The van der Waals surface area contributed by atoms with Crippen LogP contribution in [0.25, 0.3) is 0 Å². The minimum atomic E-state index is -0.384. The molecule has 6 atom stereocenters. The molecule has 2 saturated carbocycles. The molecule has 0 aliphatic heterocycles. The summed E-state index contributed by atoms with van der Waals surface area (Å²) in [6, 6.07) is 14.1. The molecule has 160 valence electrons. The number of aromatic hydroxyl groups is 1. The van der Waals surface area contributed by atoms with E-state index in [0.29, 0.717) is 17.8 Å². The van der Waals surface area contributed by atoms with E-state index in [2.05, 4.69) is 30.0 Å². The van der Waals surface area contributed by atoms with Crippen LogP contribution < -0.4 is 9.64 Å². The van der Waals surface area contributed by atoms with E-state index in [1.807, 2.05) is 25.2 Å². The number of anilines is 1. The van der Waals surface area contributed by atoms with Gasteiger partial charge in [-0.2, -0.15) is 0 Å². The second-order valence-corrected chi connectivity index (χ2v) is 9.87. The lowest BCUT2D eigenvalue weighted by Crippen LogP contribution is -2.47. The summed E-state index contributed by atoms with van der Waals surface area (Å²) in [6.07, 6.45) is 5.07. The van der Waals surface area contributed by atoms with Gasteiger partial charge in [-0.1, -0.05) is 25.1 Å². The number of benzene rings is 2. The second kappa shape index (κ2) is 7.19. The van der Waals surface area contributed by atoms with Crippen molar-refractivity contribution in [2.75, 3.05) is 19.1 Å². The third-order valence-corrected chi connectivity index (χ3v) is 8.67. The minimum absolute atomic E-state index is 0.0318. The smallest absolute Gasteiger partial charge is 0.138 e. The molecule has 5 rings (SSSR count). The lowest BCUT2D eigenvalue weighted by atomic mass is 9.55. The van der Waals surface area contributed by atoms with Gasteiger partial charge in [0.15, 0.2) is 0 Å². The van der Waals surface area contributed by atoms with Crippen LogP contribution in [0.2, 0.25) is 0 Å². The largest absolute Gasteiger partial charge is 0.506 e. The first-order chi connectivity index (χ1) is 14.4. The van der Waals surface area contributed by atoms with Crippen molar-refractivity contribution in [1.29, 1.82) is 0 Å². The quantitative estimate of drug-likeness (QED) is 0.772. The van der Waals surface area contributed by atoms with Crippen LogP contribution in [0.15, 0.2) is 42.5 Å². The maximum Gasteiger partial charge on any atom is 0.138 e. The number of phenolic OH excluding ortho intramolecular Hbond substituents is 1. The van der Waals surface area contributed by atoms with Crippen LogP contribution in [0.1, 0.15) is 49.7 Å². The fourth-order valence-electron chi connectivity index (χ4n) is 6.98. The van der Waals surface area contributed by atoms with E-state index in [4.69, 9.17) is 4.74 Å². The van der Waals surface area contributed by atoms with Crippen molar-refractivity contribution in [3.05, 3.63) is 53.6 Å². The third-order valence-electron chi connectivity index (χ3n) is 8.67. The van der Waals surface area contributed by atoms with Crippen LogP contribution in [0, 0.1) is 17.3 Å². The average molecular weight is 408 g/mol. The lowest BCUT2D eigenvalue weighted by molar-refractivity contribution is -0.0258. The Labute approximate surface area is 179 Å². The first-order valence-electron chi connectivity index (χ1n) is 11.3. The first kappa shape index (κ1) is 19.7. The minimum Gasteiger partial charge on any atom is -0.506 e. The number of rotatable bonds is 3. The molecule has 3 aliphatic rings. The van der Waals surface area contributed by atoms with Crippen LogP contribution in [0.5, 0.6) is 11.5 Å². The number of aryl methyl sites for hydroxylation is 1. The Balaban J connectivity index is 1.45. The molecule has 0 bridgehead atoms. The van der Waals surface area contributed by atoms with Crippen molar-refractivity contribution in [3.63, 3.8) is 0 Å².